The molecule has 0 saturated carbocycles. The largest absolute Gasteiger partial charge is 0.497 e. The van der Waals surface area contributed by atoms with E-state index in [0.29, 0.717) is 0 Å². The van der Waals surface area contributed by atoms with E-state index in [1.165, 1.54) is 5.56 Å². The molecule has 0 bridgehead atoms. The van der Waals surface area contributed by atoms with Gasteiger partial charge in [0.2, 0.25) is 0 Å². The number of hydrazone groups is 2. The predicted molar refractivity (Wildman–Crippen MR) is 145 cm³/mol. The Kier molecular flexibility index (Phi) is 6.77. The molecule has 0 radical (unpaired) electrons. The molecule has 1 unspecified atom stereocenters. The van der Waals surface area contributed by atoms with Crippen molar-refractivity contribution < 1.29 is 4.74 Å². The van der Waals surface area contributed by atoms with Crippen molar-refractivity contribution in [2.45, 2.75) is 12.5 Å². The van der Waals surface area contributed by atoms with Crippen molar-refractivity contribution >= 4 is 34.9 Å². The van der Waals surface area contributed by atoms with Crippen LogP contribution in [-0.2, 0) is 0 Å². The molecule has 4 aromatic rings. The number of hydrogen-bond donors (Lipinski definition) is 1. The van der Waals surface area contributed by atoms with Crippen LogP contribution in [0.3, 0.4) is 0 Å². The van der Waals surface area contributed by atoms with Crippen molar-refractivity contribution in [2.24, 2.45) is 10.2 Å². The number of benzene rings is 4. The van der Waals surface area contributed by atoms with Gasteiger partial charge in [-0.2, -0.15) is 10.2 Å². The van der Waals surface area contributed by atoms with E-state index in [9.17, 15) is 0 Å². The van der Waals surface area contributed by atoms with Crippen LogP contribution in [0.4, 0.5) is 11.4 Å². The van der Waals surface area contributed by atoms with Crippen molar-refractivity contribution in [3.8, 4) is 5.75 Å². The number of ether oxygens (including phenoxy) is 1. The third-order valence-electron chi connectivity index (χ3n) is 5.93. The summed E-state index contributed by atoms with van der Waals surface area (Å²) in [5.74, 6) is 0.813. The molecule has 5 nitrogen and oxygen atoms in total. The van der Waals surface area contributed by atoms with Gasteiger partial charge < -0.3 is 4.74 Å². The summed E-state index contributed by atoms with van der Waals surface area (Å²) in [4.78, 5) is 0. The molecule has 35 heavy (non-hydrogen) atoms. The number of halogens is 1. The van der Waals surface area contributed by atoms with Crippen molar-refractivity contribution in [3.63, 3.8) is 0 Å². The maximum absolute atomic E-state index is 6.10. The Morgan fingerprint density at radius 2 is 1.63 bits per heavy atom. The van der Waals surface area contributed by atoms with Gasteiger partial charge in [-0.3, -0.25) is 10.4 Å². The second kappa shape index (κ2) is 10.5. The van der Waals surface area contributed by atoms with E-state index in [4.69, 9.17) is 21.4 Å². The van der Waals surface area contributed by atoms with Gasteiger partial charge in [0, 0.05) is 11.4 Å². The van der Waals surface area contributed by atoms with Gasteiger partial charge in [0.1, 0.15) is 5.75 Å². The van der Waals surface area contributed by atoms with Crippen LogP contribution in [0.25, 0.3) is 0 Å². The molecule has 0 fully saturated rings. The number of methoxy groups -OCH3 is 1. The van der Waals surface area contributed by atoms with E-state index in [2.05, 4.69) is 51.9 Å². The lowest BCUT2D eigenvalue weighted by atomic mass is 9.98. The lowest BCUT2D eigenvalue weighted by Crippen LogP contribution is -2.18. The number of rotatable bonds is 7. The van der Waals surface area contributed by atoms with Crippen LogP contribution in [0.2, 0.25) is 5.02 Å². The molecule has 4 aromatic carbocycles. The quantitative estimate of drug-likeness (QED) is 0.226. The van der Waals surface area contributed by atoms with E-state index in [1.807, 2.05) is 66.7 Å². The standard InChI is InChI=1S/C29H25ClN4O/c1-35-27-17-13-25(14-18-27)32-31-20-21-7-15-26(16-8-21)34-29(23-5-3-2-4-6-23)19-28(33-34)22-9-11-24(30)12-10-22/h2-18,20,29,32H,19H2,1H3/b31-20+. The minimum Gasteiger partial charge on any atom is -0.497 e. The summed E-state index contributed by atoms with van der Waals surface area (Å²) in [6.07, 6.45) is 2.62. The highest BCUT2D eigenvalue weighted by Crippen LogP contribution is 2.36. The molecular formula is C29H25ClN4O. The molecule has 1 aliphatic heterocycles. The summed E-state index contributed by atoms with van der Waals surface area (Å²) >= 11 is 6.10. The van der Waals surface area contributed by atoms with Crippen LogP contribution >= 0.6 is 11.6 Å². The Hall–Kier alpha value is -4.09. The first-order valence-corrected chi connectivity index (χ1v) is 11.8. The second-order valence-corrected chi connectivity index (χ2v) is 8.66. The van der Waals surface area contributed by atoms with Crippen molar-refractivity contribution in [1.82, 2.24) is 0 Å². The van der Waals surface area contributed by atoms with Crippen LogP contribution in [0.15, 0.2) is 113 Å². The van der Waals surface area contributed by atoms with Gasteiger partial charge in [-0.05, 0) is 65.2 Å². The number of hydrogen-bond acceptors (Lipinski definition) is 5. The molecule has 1 heterocycles. The predicted octanol–water partition coefficient (Wildman–Crippen LogP) is 7.15. The van der Waals surface area contributed by atoms with Crippen molar-refractivity contribution in [1.29, 1.82) is 0 Å². The third kappa shape index (κ3) is 5.36. The third-order valence-corrected chi connectivity index (χ3v) is 6.18. The fourth-order valence-corrected chi connectivity index (χ4v) is 4.19. The van der Waals surface area contributed by atoms with E-state index >= 15 is 0 Å². The van der Waals surface area contributed by atoms with E-state index in [-0.39, 0.29) is 6.04 Å². The van der Waals surface area contributed by atoms with Gasteiger partial charge in [0.25, 0.3) is 0 Å². The lowest BCUT2D eigenvalue weighted by Gasteiger charge is -2.24. The topological polar surface area (TPSA) is 49.2 Å². The normalized spacial score (nSPS) is 15.3. The highest BCUT2D eigenvalue weighted by molar-refractivity contribution is 6.30. The van der Waals surface area contributed by atoms with Gasteiger partial charge >= 0.3 is 0 Å². The van der Waals surface area contributed by atoms with E-state index in [1.54, 1.807) is 13.3 Å². The van der Waals surface area contributed by atoms with E-state index in [0.717, 1.165) is 45.4 Å². The number of nitrogens with one attached hydrogen (secondary N) is 1. The molecule has 0 saturated heterocycles. The van der Waals surface area contributed by atoms with Crippen LogP contribution in [0.5, 0.6) is 5.75 Å². The summed E-state index contributed by atoms with van der Waals surface area (Å²) in [5.41, 5.74) is 9.33. The van der Waals surface area contributed by atoms with Gasteiger partial charge in [-0.1, -0.05) is 66.2 Å². The van der Waals surface area contributed by atoms with Gasteiger partial charge in [0.15, 0.2) is 0 Å². The fourth-order valence-electron chi connectivity index (χ4n) is 4.06. The lowest BCUT2D eigenvalue weighted by molar-refractivity contribution is 0.415. The average molecular weight is 481 g/mol. The number of nitrogens with zero attached hydrogens (tertiary/aromatic N) is 3. The maximum Gasteiger partial charge on any atom is 0.119 e. The second-order valence-electron chi connectivity index (χ2n) is 8.22. The first kappa shape index (κ1) is 22.7. The molecule has 6 heteroatoms. The monoisotopic (exact) mass is 480 g/mol. The SMILES string of the molecule is COc1ccc(N/N=C/c2ccc(N3N=C(c4ccc(Cl)cc4)CC3c3ccccc3)cc2)cc1. The molecule has 1 aliphatic rings. The molecule has 0 spiro atoms. The Labute approximate surface area is 210 Å². The zero-order valence-electron chi connectivity index (χ0n) is 19.3. The highest BCUT2D eigenvalue weighted by Gasteiger charge is 2.29. The summed E-state index contributed by atoms with van der Waals surface area (Å²) in [6.45, 7) is 0. The van der Waals surface area contributed by atoms with E-state index < -0.39 is 0 Å². The summed E-state index contributed by atoms with van der Waals surface area (Å²) < 4.78 is 5.18. The first-order valence-electron chi connectivity index (χ1n) is 11.4. The molecule has 0 aromatic heterocycles. The molecule has 5 rings (SSSR count). The summed E-state index contributed by atoms with van der Waals surface area (Å²) in [6, 6.07) is 34.4. The Morgan fingerprint density at radius 1 is 0.914 bits per heavy atom. The Bertz CT molecular complexity index is 1320. The van der Waals surface area contributed by atoms with Gasteiger partial charge in [-0.25, -0.2) is 0 Å². The molecule has 0 aliphatic carbocycles. The molecule has 1 atom stereocenters. The van der Waals surface area contributed by atoms with Crippen LogP contribution in [0, 0.1) is 0 Å². The Morgan fingerprint density at radius 3 is 2.31 bits per heavy atom. The number of anilines is 2. The maximum atomic E-state index is 6.10. The zero-order chi connectivity index (χ0) is 24.0. The summed E-state index contributed by atoms with van der Waals surface area (Å²) in [7, 11) is 1.65. The smallest absolute Gasteiger partial charge is 0.119 e. The van der Waals surface area contributed by atoms with Gasteiger partial charge in [0.05, 0.1) is 36.5 Å². The minimum atomic E-state index is 0.123. The van der Waals surface area contributed by atoms with Crippen LogP contribution in [-0.4, -0.2) is 19.0 Å². The summed E-state index contributed by atoms with van der Waals surface area (Å²) in [5, 5.41) is 12.2. The fraction of sp³-hybridized carbons (Fsp3) is 0.103. The van der Waals surface area contributed by atoms with Crippen molar-refractivity contribution in [3.05, 3.63) is 125 Å². The van der Waals surface area contributed by atoms with Crippen LogP contribution in [0.1, 0.15) is 29.2 Å². The molecule has 174 valence electrons. The molecule has 1 N–H and O–H groups in total. The van der Waals surface area contributed by atoms with Crippen molar-refractivity contribution in [2.75, 3.05) is 17.5 Å². The van der Waals surface area contributed by atoms with Gasteiger partial charge in [-0.15, -0.1) is 0 Å². The minimum absolute atomic E-state index is 0.123. The zero-order valence-corrected chi connectivity index (χ0v) is 20.1. The highest BCUT2D eigenvalue weighted by atomic mass is 35.5. The average Bonchev–Trinajstić information content (AvgIpc) is 3.36. The Balaban J connectivity index is 1.35. The first-order chi connectivity index (χ1) is 17.2. The molecular weight excluding hydrogens is 456 g/mol. The van der Waals surface area contributed by atoms with Crippen LogP contribution < -0.4 is 15.2 Å². The molecule has 0 amide bonds.